The van der Waals surface area contributed by atoms with Crippen LogP contribution in [0.1, 0.15) is 6.42 Å². The normalized spacial score (nSPS) is 34.9. The summed E-state index contributed by atoms with van der Waals surface area (Å²) in [5.74, 6) is 0. The number of aliphatic imine (C=N–C) groups is 2. The van der Waals surface area contributed by atoms with Crippen molar-refractivity contribution in [3.05, 3.63) is 0 Å². The fourth-order valence-corrected chi connectivity index (χ4v) is 1.87. The molecule has 0 radical (unpaired) electrons. The molecule has 1 saturated heterocycles. The van der Waals surface area contributed by atoms with Crippen LogP contribution in [0.25, 0.3) is 0 Å². The van der Waals surface area contributed by atoms with Crippen LogP contribution in [-0.4, -0.2) is 55.1 Å². The standard InChI is InChI=1S/C8H16N6/c1-13-7(14(2)12-8(13)9)6-3-4-10-5-11-6/h5,7-8,12H,3-4,9H2,1-2H3. The molecule has 0 aliphatic carbocycles. The summed E-state index contributed by atoms with van der Waals surface area (Å²) < 4.78 is 0. The molecule has 2 atom stereocenters. The van der Waals surface area contributed by atoms with Gasteiger partial charge in [0.25, 0.3) is 0 Å². The van der Waals surface area contributed by atoms with Crippen LogP contribution in [0.4, 0.5) is 0 Å². The minimum absolute atomic E-state index is 0.133. The third-order valence-corrected chi connectivity index (χ3v) is 2.63. The van der Waals surface area contributed by atoms with Gasteiger partial charge in [0.2, 0.25) is 0 Å². The van der Waals surface area contributed by atoms with Gasteiger partial charge in [0.1, 0.15) is 18.8 Å². The Labute approximate surface area is 83.5 Å². The lowest BCUT2D eigenvalue weighted by molar-refractivity contribution is 0.223. The highest BCUT2D eigenvalue weighted by Crippen LogP contribution is 2.14. The Morgan fingerprint density at radius 1 is 1.57 bits per heavy atom. The molecule has 14 heavy (non-hydrogen) atoms. The largest absolute Gasteiger partial charge is 0.302 e. The van der Waals surface area contributed by atoms with E-state index in [4.69, 9.17) is 5.73 Å². The zero-order valence-corrected chi connectivity index (χ0v) is 8.51. The summed E-state index contributed by atoms with van der Waals surface area (Å²) in [6.45, 7) is 0.826. The molecule has 0 spiro atoms. The first-order chi connectivity index (χ1) is 6.70. The predicted octanol–water partition coefficient (Wildman–Crippen LogP) is -1.19. The average Bonchev–Trinajstić information content (AvgIpc) is 2.43. The maximum Gasteiger partial charge on any atom is 0.126 e. The molecule has 3 N–H and O–H groups in total. The highest BCUT2D eigenvalue weighted by molar-refractivity contribution is 5.95. The summed E-state index contributed by atoms with van der Waals surface area (Å²) in [7, 11) is 3.96. The van der Waals surface area contributed by atoms with Crippen molar-refractivity contribution in [2.75, 3.05) is 20.6 Å². The molecule has 0 amide bonds. The number of hydrogen-bond acceptors (Lipinski definition) is 6. The number of hydrazine groups is 1. The fraction of sp³-hybridized carbons (Fsp3) is 0.750. The van der Waals surface area contributed by atoms with Crippen molar-refractivity contribution in [1.82, 2.24) is 15.3 Å². The molecule has 1 fully saturated rings. The van der Waals surface area contributed by atoms with Crippen LogP contribution >= 0.6 is 0 Å². The minimum atomic E-state index is -0.133. The second kappa shape index (κ2) is 3.74. The van der Waals surface area contributed by atoms with Crippen molar-refractivity contribution in [3.63, 3.8) is 0 Å². The lowest BCUT2D eigenvalue weighted by atomic mass is 10.2. The van der Waals surface area contributed by atoms with E-state index >= 15 is 0 Å². The highest BCUT2D eigenvalue weighted by Gasteiger charge is 2.35. The quantitative estimate of drug-likeness (QED) is 0.553. The molecule has 0 aromatic heterocycles. The molecule has 6 nitrogen and oxygen atoms in total. The number of hydrogen-bond donors (Lipinski definition) is 2. The van der Waals surface area contributed by atoms with Crippen LogP contribution < -0.4 is 11.2 Å². The topological polar surface area (TPSA) is 69.2 Å². The minimum Gasteiger partial charge on any atom is -0.302 e. The van der Waals surface area contributed by atoms with E-state index < -0.39 is 0 Å². The van der Waals surface area contributed by atoms with Gasteiger partial charge in [0.15, 0.2) is 0 Å². The van der Waals surface area contributed by atoms with Crippen molar-refractivity contribution in [2.24, 2.45) is 15.7 Å². The van der Waals surface area contributed by atoms with Gasteiger partial charge in [-0.05, 0) is 7.05 Å². The zero-order chi connectivity index (χ0) is 10.1. The molecule has 0 saturated carbocycles. The van der Waals surface area contributed by atoms with Crippen molar-refractivity contribution >= 4 is 12.1 Å². The third kappa shape index (κ3) is 1.57. The summed E-state index contributed by atoms with van der Waals surface area (Å²) >= 11 is 0. The maximum absolute atomic E-state index is 5.85. The van der Waals surface area contributed by atoms with Crippen LogP contribution in [-0.2, 0) is 0 Å². The Morgan fingerprint density at radius 2 is 2.36 bits per heavy atom. The molecule has 0 bridgehead atoms. The van der Waals surface area contributed by atoms with Gasteiger partial charge in [-0.25, -0.2) is 15.4 Å². The molecule has 2 heterocycles. The fourth-order valence-electron chi connectivity index (χ4n) is 1.87. The molecule has 2 rings (SSSR count). The molecule has 78 valence electrons. The van der Waals surface area contributed by atoms with Crippen molar-refractivity contribution in [3.8, 4) is 0 Å². The molecule has 0 aromatic rings. The van der Waals surface area contributed by atoms with E-state index in [-0.39, 0.29) is 12.5 Å². The number of nitrogens with zero attached hydrogens (tertiary/aromatic N) is 4. The van der Waals surface area contributed by atoms with E-state index in [1.807, 2.05) is 19.1 Å². The Kier molecular flexibility index (Phi) is 2.60. The summed E-state index contributed by atoms with van der Waals surface area (Å²) in [4.78, 5) is 10.4. The Morgan fingerprint density at radius 3 is 2.86 bits per heavy atom. The second-order valence-electron chi connectivity index (χ2n) is 3.62. The zero-order valence-electron chi connectivity index (χ0n) is 8.51. The van der Waals surface area contributed by atoms with Crippen LogP contribution in [0.3, 0.4) is 0 Å². The van der Waals surface area contributed by atoms with E-state index in [1.165, 1.54) is 0 Å². The number of rotatable bonds is 1. The summed E-state index contributed by atoms with van der Waals surface area (Å²) in [6, 6.07) is 0. The predicted molar refractivity (Wildman–Crippen MR) is 55.8 cm³/mol. The summed E-state index contributed by atoms with van der Waals surface area (Å²) in [6.07, 6.45) is 2.55. The molecule has 2 aliphatic rings. The first kappa shape index (κ1) is 9.72. The van der Waals surface area contributed by atoms with Crippen LogP contribution in [0.5, 0.6) is 0 Å². The lowest BCUT2D eigenvalue weighted by Crippen LogP contribution is -2.45. The Bertz CT molecular complexity index is 273. The van der Waals surface area contributed by atoms with E-state index in [0.29, 0.717) is 0 Å². The molecule has 0 aromatic carbocycles. The van der Waals surface area contributed by atoms with Gasteiger partial charge in [-0.2, -0.15) is 0 Å². The lowest BCUT2D eigenvalue weighted by Gasteiger charge is -2.26. The van der Waals surface area contributed by atoms with Crippen LogP contribution in [0.2, 0.25) is 0 Å². The van der Waals surface area contributed by atoms with Crippen molar-refractivity contribution in [1.29, 1.82) is 0 Å². The molecule has 2 aliphatic heterocycles. The molecule has 2 unspecified atom stereocenters. The van der Waals surface area contributed by atoms with E-state index in [2.05, 4.69) is 20.3 Å². The van der Waals surface area contributed by atoms with E-state index in [9.17, 15) is 0 Å². The van der Waals surface area contributed by atoms with E-state index in [0.717, 1.165) is 18.7 Å². The van der Waals surface area contributed by atoms with Crippen molar-refractivity contribution < 1.29 is 0 Å². The van der Waals surface area contributed by atoms with Gasteiger partial charge in [-0.15, -0.1) is 0 Å². The summed E-state index contributed by atoms with van der Waals surface area (Å²) in [5.41, 5.74) is 10.1. The monoisotopic (exact) mass is 196 g/mol. The maximum atomic E-state index is 5.85. The van der Waals surface area contributed by atoms with Gasteiger partial charge in [0.05, 0.1) is 5.71 Å². The SMILES string of the molecule is CN1NC(N)N(C)C1C1=NC=NCC1. The number of nitrogens with two attached hydrogens (primary N) is 1. The molecular formula is C8H16N6. The Balaban J connectivity index is 2.16. The first-order valence-electron chi connectivity index (χ1n) is 4.71. The van der Waals surface area contributed by atoms with Crippen LogP contribution in [0.15, 0.2) is 9.98 Å². The second-order valence-corrected chi connectivity index (χ2v) is 3.62. The van der Waals surface area contributed by atoms with Gasteiger partial charge >= 0.3 is 0 Å². The third-order valence-electron chi connectivity index (χ3n) is 2.63. The molecular weight excluding hydrogens is 180 g/mol. The molecule has 6 heteroatoms. The van der Waals surface area contributed by atoms with Gasteiger partial charge in [0, 0.05) is 20.0 Å². The van der Waals surface area contributed by atoms with Crippen LogP contribution in [0, 0.1) is 0 Å². The van der Waals surface area contributed by atoms with Gasteiger partial charge in [-0.3, -0.25) is 9.89 Å². The smallest absolute Gasteiger partial charge is 0.126 e. The highest BCUT2D eigenvalue weighted by atomic mass is 15.7. The van der Waals surface area contributed by atoms with E-state index in [1.54, 1.807) is 6.34 Å². The summed E-state index contributed by atoms with van der Waals surface area (Å²) in [5, 5.41) is 1.99. The Hall–Kier alpha value is -0.820. The van der Waals surface area contributed by atoms with Gasteiger partial charge in [-0.1, -0.05) is 0 Å². The first-order valence-corrected chi connectivity index (χ1v) is 4.71. The number of nitrogens with one attached hydrogen (secondary N) is 1. The van der Waals surface area contributed by atoms with Gasteiger partial charge < -0.3 is 5.73 Å². The van der Waals surface area contributed by atoms with Crippen molar-refractivity contribution in [2.45, 2.75) is 18.9 Å². The average molecular weight is 196 g/mol.